The van der Waals surface area contributed by atoms with Crippen LogP contribution in [0.1, 0.15) is 22.8 Å². The van der Waals surface area contributed by atoms with Gasteiger partial charge in [-0.2, -0.15) is 0 Å². The average molecular weight is 296 g/mol. The SMILES string of the molecule is CC(Br)C(=O)c1cccc(Cl)c1CCl. The molecule has 0 spiro atoms. The van der Waals surface area contributed by atoms with Gasteiger partial charge in [-0.25, -0.2) is 0 Å². The number of carbonyl (C=O) groups is 1. The Hall–Kier alpha value is -0.0500. The first-order valence-electron chi connectivity index (χ1n) is 4.09. The Kier molecular flexibility index (Phi) is 4.42. The molecule has 0 saturated carbocycles. The quantitative estimate of drug-likeness (QED) is 0.607. The summed E-state index contributed by atoms with van der Waals surface area (Å²) in [6, 6.07) is 5.22. The molecule has 0 radical (unpaired) electrons. The van der Waals surface area contributed by atoms with E-state index in [9.17, 15) is 4.79 Å². The maximum absolute atomic E-state index is 11.7. The van der Waals surface area contributed by atoms with E-state index < -0.39 is 0 Å². The van der Waals surface area contributed by atoms with Gasteiger partial charge in [0.15, 0.2) is 5.78 Å². The molecule has 0 N–H and O–H groups in total. The van der Waals surface area contributed by atoms with E-state index in [0.717, 1.165) is 0 Å². The van der Waals surface area contributed by atoms with Crippen LogP contribution in [0.3, 0.4) is 0 Å². The van der Waals surface area contributed by atoms with E-state index in [-0.39, 0.29) is 16.5 Å². The summed E-state index contributed by atoms with van der Waals surface area (Å²) in [6.45, 7) is 1.78. The summed E-state index contributed by atoms with van der Waals surface area (Å²) in [5.74, 6) is 0.253. The Labute approximate surface area is 102 Å². The minimum absolute atomic E-state index is 0.00292. The number of benzene rings is 1. The van der Waals surface area contributed by atoms with Gasteiger partial charge in [-0.3, -0.25) is 4.79 Å². The Balaban J connectivity index is 3.20. The van der Waals surface area contributed by atoms with Crippen LogP contribution in [0.15, 0.2) is 18.2 Å². The fourth-order valence-electron chi connectivity index (χ4n) is 1.14. The Morgan fingerprint density at radius 2 is 2.21 bits per heavy atom. The smallest absolute Gasteiger partial charge is 0.176 e. The Bertz CT molecular complexity index is 350. The summed E-state index contributed by atoms with van der Waals surface area (Å²) in [6.07, 6.45) is 0. The van der Waals surface area contributed by atoms with Crippen LogP contribution in [0.5, 0.6) is 0 Å². The van der Waals surface area contributed by atoms with Gasteiger partial charge in [0.25, 0.3) is 0 Å². The first-order valence-corrected chi connectivity index (χ1v) is 5.92. The van der Waals surface area contributed by atoms with E-state index >= 15 is 0 Å². The number of Topliss-reactive ketones (excluding diaryl/α,β-unsaturated/α-hetero) is 1. The highest BCUT2D eigenvalue weighted by atomic mass is 79.9. The van der Waals surface area contributed by atoms with Crippen molar-refractivity contribution in [2.45, 2.75) is 17.6 Å². The molecule has 1 rings (SSSR count). The average Bonchev–Trinajstić information content (AvgIpc) is 2.16. The van der Waals surface area contributed by atoms with E-state index in [4.69, 9.17) is 23.2 Å². The molecule has 0 aliphatic carbocycles. The molecule has 76 valence electrons. The monoisotopic (exact) mass is 294 g/mol. The number of hydrogen-bond donors (Lipinski definition) is 0. The summed E-state index contributed by atoms with van der Waals surface area (Å²) in [5, 5.41) is 0.541. The molecule has 0 bridgehead atoms. The van der Waals surface area contributed by atoms with Crippen molar-refractivity contribution in [1.29, 1.82) is 0 Å². The van der Waals surface area contributed by atoms with Crippen molar-refractivity contribution in [3.8, 4) is 0 Å². The highest BCUT2D eigenvalue weighted by molar-refractivity contribution is 9.10. The maximum atomic E-state index is 11.7. The molecule has 0 heterocycles. The van der Waals surface area contributed by atoms with Crippen LogP contribution in [0.25, 0.3) is 0 Å². The van der Waals surface area contributed by atoms with Crippen LogP contribution < -0.4 is 0 Å². The minimum atomic E-state index is -0.220. The number of ketones is 1. The Morgan fingerprint density at radius 3 is 2.71 bits per heavy atom. The van der Waals surface area contributed by atoms with Gasteiger partial charge in [0.2, 0.25) is 0 Å². The second kappa shape index (κ2) is 5.15. The number of alkyl halides is 2. The summed E-state index contributed by atoms with van der Waals surface area (Å²) in [4.78, 5) is 11.5. The van der Waals surface area contributed by atoms with Crippen LogP contribution in [-0.2, 0) is 5.88 Å². The van der Waals surface area contributed by atoms with Crippen molar-refractivity contribution < 1.29 is 4.79 Å². The second-order valence-electron chi connectivity index (χ2n) is 2.88. The number of carbonyl (C=O) groups excluding carboxylic acids is 1. The molecular formula is C10H9BrCl2O. The van der Waals surface area contributed by atoms with Gasteiger partial charge in [-0.15, -0.1) is 11.6 Å². The molecule has 0 saturated heterocycles. The normalized spacial score (nSPS) is 12.6. The van der Waals surface area contributed by atoms with E-state index in [0.29, 0.717) is 16.1 Å². The molecule has 0 fully saturated rings. The summed E-state index contributed by atoms with van der Waals surface area (Å²) >= 11 is 14.9. The topological polar surface area (TPSA) is 17.1 Å². The van der Waals surface area contributed by atoms with Crippen molar-refractivity contribution in [3.63, 3.8) is 0 Å². The first kappa shape index (κ1) is 12.0. The number of rotatable bonds is 3. The van der Waals surface area contributed by atoms with Crippen molar-refractivity contribution >= 4 is 44.9 Å². The molecule has 4 heteroatoms. The van der Waals surface area contributed by atoms with E-state index in [1.807, 2.05) is 0 Å². The molecular weight excluding hydrogens is 287 g/mol. The minimum Gasteiger partial charge on any atom is -0.293 e. The molecule has 0 aliphatic rings. The summed E-state index contributed by atoms with van der Waals surface area (Å²) in [5.41, 5.74) is 1.30. The van der Waals surface area contributed by atoms with Gasteiger partial charge in [0, 0.05) is 16.5 Å². The fraction of sp³-hybridized carbons (Fsp3) is 0.300. The van der Waals surface area contributed by atoms with Crippen LogP contribution in [0.4, 0.5) is 0 Å². The molecule has 0 amide bonds. The third-order valence-corrected chi connectivity index (χ3v) is 2.92. The molecule has 1 aromatic rings. The van der Waals surface area contributed by atoms with E-state index in [2.05, 4.69) is 15.9 Å². The predicted octanol–water partition coefficient (Wildman–Crippen LogP) is 4.04. The third-order valence-electron chi connectivity index (χ3n) is 1.88. The molecule has 0 aromatic heterocycles. The van der Waals surface area contributed by atoms with Gasteiger partial charge in [0.1, 0.15) is 0 Å². The largest absolute Gasteiger partial charge is 0.293 e. The summed E-state index contributed by atoms with van der Waals surface area (Å²) in [7, 11) is 0. The maximum Gasteiger partial charge on any atom is 0.176 e. The first-order chi connectivity index (χ1) is 6.57. The molecule has 0 aliphatic heterocycles. The highest BCUT2D eigenvalue weighted by Gasteiger charge is 2.16. The molecule has 14 heavy (non-hydrogen) atoms. The van der Waals surface area contributed by atoms with Crippen LogP contribution >= 0.6 is 39.1 Å². The van der Waals surface area contributed by atoms with E-state index in [1.165, 1.54) is 0 Å². The van der Waals surface area contributed by atoms with Gasteiger partial charge in [0.05, 0.1) is 4.83 Å². The van der Waals surface area contributed by atoms with Gasteiger partial charge in [-0.1, -0.05) is 39.7 Å². The van der Waals surface area contributed by atoms with Crippen molar-refractivity contribution in [2.75, 3.05) is 0 Å². The molecule has 1 nitrogen and oxygen atoms in total. The van der Waals surface area contributed by atoms with Crippen LogP contribution in [-0.4, -0.2) is 10.6 Å². The van der Waals surface area contributed by atoms with Gasteiger partial charge < -0.3 is 0 Å². The standard InChI is InChI=1S/C10H9BrCl2O/c1-6(11)10(14)7-3-2-4-9(13)8(7)5-12/h2-4,6H,5H2,1H3. The Morgan fingerprint density at radius 1 is 1.57 bits per heavy atom. The number of hydrogen-bond acceptors (Lipinski definition) is 1. The molecule has 1 unspecified atom stereocenters. The zero-order chi connectivity index (χ0) is 10.7. The lowest BCUT2D eigenvalue weighted by atomic mass is 10.0. The third kappa shape index (κ3) is 2.50. The molecule has 1 aromatic carbocycles. The molecule has 1 atom stereocenters. The second-order valence-corrected chi connectivity index (χ2v) is 4.93. The summed E-state index contributed by atoms with van der Waals surface area (Å²) < 4.78 is 0. The highest BCUT2D eigenvalue weighted by Crippen LogP contribution is 2.24. The lowest BCUT2D eigenvalue weighted by molar-refractivity contribution is 0.0995. The zero-order valence-electron chi connectivity index (χ0n) is 7.56. The van der Waals surface area contributed by atoms with Crippen molar-refractivity contribution in [2.24, 2.45) is 0 Å². The predicted molar refractivity (Wildman–Crippen MR) is 63.7 cm³/mol. The lowest BCUT2D eigenvalue weighted by Crippen LogP contribution is -2.12. The van der Waals surface area contributed by atoms with Crippen LogP contribution in [0, 0.1) is 0 Å². The van der Waals surface area contributed by atoms with Gasteiger partial charge in [-0.05, 0) is 18.6 Å². The van der Waals surface area contributed by atoms with Gasteiger partial charge >= 0.3 is 0 Å². The number of halogens is 3. The zero-order valence-corrected chi connectivity index (χ0v) is 10.7. The van der Waals surface area contributed by atoms with Crippen molar-refractivity contribution in [1.82, 2.24) is 0 Å². The fourth-order valence-corrected chi connectivity index (χ4v) is 1.98. The van der Waals surface area contributed by atoms with Crippen LogP contribution in [0.2, 0.25) is 5.02 Å². The lowest BCUT2D eigenvalue weighted by Gasteiger charge is -2.08. The van der Waals surface area contributed by atoms with Crippen molar-refractivity contribution in [3.05, 3.63) is 34.3 Å². The van der Waals surface area contributed by atoms with E-state index in [1.54, 1.807) is 25.1 Å².